The molecule has 0 radical (unpaired) electrons. The lowest BCUT2D eigenvalue weighted by atomic mass is 10.2. The average Bonchev–Trinajstić information content (AvgIpc) is 2.34. The summed E-state index contributed by atoms with van der Waals surface area (Å²) in [5, 5.41) is 9.36. The fourth-order valence-corrected chi connectivity index (χ4v) is 1.68. The third-order valence-electron chi connectivity index (χ3n) is 1.72. The van der Waals surface area contributed by atoms with Gasteiger partial charge in [0.15, 0.2) is 16.0 Å². The lowest BCUT2D eigenvalue weighted by molar-refractivity contribution is -0.109. The third kappa shape index (κ3) is 4.39. The quantitative estimate of drug-likeness (QED) is 0.511. The van der Waals surface area contributed by atoms with Crippen molar-refractivity contribution >= 4 is 34.6 Å². The monoisotopic (exact) mass is 282 g/mol. The minimum Gasteiger partial charge on any atom is -0.476 e. The molecule has 5 nitrogen and oxygen atoms in total. The molecule has 0 saturated heterocycles. The molecule has 0 aliphatic heterocycles. The van der Waals surface area contributed by atoms with Gasteiger partial charge in [0.1, 0.15) is 0 Å². The zero-order valence-corrected chi connectivity index (χ0v) is 11.4. The van der Waals surface area contributed by atoms with Gasteiger partial charge in [-0.3, -0.25) is 4.79 Å². The number of nitrogens with zero attached hydrogens (tertiary/aromatic N) is 2. The molecule has 0 aliphatic carbocycles. The van der Waals surface area contributed by atoms with Crippen LogP contribution in [0, 0.1) is 11.8 Å². The Bertz CT molecular complexity index is 535. The van der Waals surface area contributed by atoms with Gasteiger partial charge in [0.05, 0.1) is 11.3 Å². The molecule has 1 aromatic heterocycles. The van der Waals surface area contributed by atoms with Crippen molar-refractivity contribution in [3.05, 3.63) is 17.5 Å². The van der Waals surface area contributed by atoms with Crippen LogP contribution in [0.3, 0.4) is 0 Å². The molecule has 18 heavy (non-hydrogen) atoms. The molecular formula is C11H10N2O3S2. The van der Waals surface area contributed by atoms with Gasteiger partial charge >= 0.3 is 5.97 Å². The predicted octanol–water partition coefficient (Wildman–Crippen LogP) is 1.53. The Morgan fingerprint density at radius 2 is 2.22 bits per heavy atom. The summed E-state index contributed by atoms with van der Waals surface area (Å²) >= 11 is 2.33. The van der Waals surface area contributed by atoms with Gasteiger partial charge in [0.25, 0.3) is 0 Å². The highest BCUT2D eigenvalue weighted by molar-refractivity contribution is 8.13. The van der Waals surface area contributed by atoms with Gasteiger partial charge in [-0.2, -0.15) is 0 Å². The zero-order valence-electron chi connectivity index (χ0n) is 9.76. The van der Waals surface area contributed by atoms with Crippen LogP contribution in [0.2, 0.25) is 0 Å². The van der Waals surface area contributed by atoms with Crippen LogP contribution in [0.25, 0.3) is 0 Å². The van der Waals surface area contributed by atoms with Crippen LogP contribution < -0.4 is 0 Å². The van der Waals surface area contributed by atoms with E-state index < -0.39 is 5.97 Å². The number of carbonyl (C=O) groups excluding carboxylic acids is 1. The molecule has 1 heterocycles. The van der Waals surface area contributed by atoms with Gasteiger partial charge in [0, 0.05) is 13.1 Å². The molecule has 0 amide bonds. The van der Waals surface area contributed by atoms with Crippen molar-refractivity contribution in [1.82, 2.24) is 9.97 Å². The minimum absolute atomic E-state index is 0.0308. The van der Waals surface area contributed by atoms with Gasteiger partial charge in [-0.25, -0.2) is 14.8 Å². The predicted molar refractivity (Wildman–Crippen MR) is 70.8 cm³/mol. The first-order valence-corrected chi connectivity index (χ1v) is 7.02. The summed E-state index contributed by atoms with van der Waals surface area (Å²) in [6, 6.07) is 0. The molecule has 0 fully saturated rings. The van der Waals surface area contributed by atoms with E-state index >= 15 is 0 Å². The summed E-state index contributed by atoms with van der Waals surface area (Å²) in [5.74, 6) is 4.55. The number of rotatable bonds is 3. The molecule has 7 heteroatoms. The smallest absolute Gasteiger partial charge is 0.355 e. The highest BCUT2D eigenvalue weighted by atomic mass is 32.2. The zero-order chi connectivity index (χ0) is 13.5. The Morgan fingerprint density at radius 1 is 1.50 bits per heavy atom. The van der Waals surface area contributed by atoms with Crippen molar-refractivity contribution in [2.75, 3.05) is 12.0 Å². The van der Waals surface area contributed by atoms with E-state index in [2.05, 4.69) is 21.8 Å². The van der Waals surface area contributed by atoms with E-state index in [1.165, 1.54) is 24.9 Å². The van der Waals surface area contributed by atoms with Crippen molar-refractivity contribution in [1.29, 1.82) is 0 Å². The lowest BCUT2D eigenvalue weighted by Gasteiger charge is -1.99. The van der Waals surface area contributed by atoms with Crippen LogP contribution >= 0.6 is 23.5 Å². The van der Waals surface area contributed by atoms with Crippen LogP contribution in [0.1, 0.15) is 23.0 Å². The van der Waals surface area contributed by atoms with Crippen LogP contribution in [0.15, 0.2) is 11.4 Å². The SMILES string of the molecule is CSc1ncc(C#CCSC(C)=O)c(C(=O)O)n1. The van der Waals surface area contributed by atoms with E-state index in [9.17, 15) is 9.59 Å². The Kier molecular flexibility index (Phi) is 5.68. The van der Waals surface area contributed by atoms with E-state index in [4.69, 9.17) is 5.11 Å². The molecule has 0 saturated carbocycles. The number of thioether (sulfide) groups is 2. The second-order valence-corrected chi connectivity index (χ2v) is 4.93. The van der Waals surface area contributed by atoms with E-state index in [0.29, 0.717) is 10.9 Å². The van der Waals surface area contributed by atoms with Gasteiger partial charge < -0.3 is 5.11 Å². The van der Waals surface area contributed by atoms with Crippen molar-refractivity contribution in [3.63, 3.8) is 0 Å². The number of carbonyl (C=O) groups is 2. The minimum atomic E-state index is -1.14. The Hall–Kier alpha value is -1.52. The first-order valence-electron chi connectivity index (χ1n) is 4.81. The largest absolute Gasteiger partial charge is 0.476 e. The van der Waals surface area contributed by atoms with Crippen molar-refractivity contribution in [2.24, 2.45) is 0 Å². The van der Waals surface area contributed by atoms with Gasteiger partial charge in [-0.1, -0.05) is 35.4 Å². The van der Waals surface area contributed by atoms with Crippen LogP contribution in [0.4, 0.5) is 0 Å². The van der Waals surface area contributed by atoms with Gasteiger partial charge in [-0.05, 0) is 6.26 Å². The maximum atomic E-state index is 11.0. The summed E-state index contributed by atoms with van der Waals surface area (Å²) in [5.41, 5.74) is 0.138. The molecule has 1 rings (SSSR count). The molecule has 0 unspecified atom stereocenters. The van der Waals surface area contributed by atoms with Crippen LogP contribution in [-0.4, -0.2) is 38.2 Å². The second-order valence-electron chi connectivity index (χ2n) is 3.01. The number of aromatic carboxylic acids is 1. The summed E-state index contributed by atoms with van der Waals surface area (Å²) < 4.78 is 0. The summed E-state index contributed by atoms with van der Waals surface area (Å²) in [7, 11) is 0. The van der Waals surface area contributed by atoms with E-state index in [1.807, 2.05) is 0 Å². The second kappa shape index (κ2) is 7.03. The molecule has 0 atom stereocenters. The summed E-state index contributed by atoms with van der Waals surface area (Å²) in [6.45, 7) is 1.45. The average molecular weight is 282 g/mol. The Labute approximate surface area is 113 Å². The normalized spacial score (nSPS) is 9.44. The number of carboxylic acids is 1. The van der Waals surface area contributed by atoms with Crippen LogP contribution in [0.5, 0.6) is 0 Å². The van der Waals surface area contributed by atoms with Gasteiger partial charge in [0.2, 0.25) is 0 Å². The molecule has 94 valence electrons. The third-order valence-corrected chi connectivity index (χ3v) is 2.98. The highest BCUT2D eigenvalue weighted by Gasteiger charge is 2.12. The van der Waals surface area contributed by atoms with Crippen molar-refractivity contribution < 1.29 is 14.7 Å². The molecule has 0 aliphatic rings. The Morgan fingerprint density at radius 3 is 2.78 bits per heavy atom. The van der Waals surface area contributed by atoms with Crippen LogP contribution in [-0.2, 0) is 4.79 Å². The fourth-order valence-electron chi connectivity index (χ4n) is 0.988. The first kappa shape index (κ1) is 14.5. The first-order chi connectivity index (χ1) is 8.54. The topological polar surface area (TPSA) is 80.2 Å². The number of aromatic nitrogens is 2. The number of hydrogen-bond acceptors (Lipinski definition) is 6. The van der Waals surface area contributed by atoms with Crippen molar-refractivity contribution in [2.45, 2.75) is 12.1 Å². The van der Waals surface area contributed by atoms with E-state index in [-0.39, 0.29) is 16.4 Å². The Balaban J connectivity index is 2.94. The molecule has 0 aromatic carbocycles. The molecule has 0 spiro atoms. The maximum Gasteiger partial charge on any atom is 0.355 e. The van der Waals surface area contributed by atoms with E-state index in [0.717, 1.165) is 11.8 Å². The summed E-state index contributed by atoms with van der Waals surface area (Å²) in [4.78, 5) is 29.5. The van der Waals surface area contributed by atoms with Crippen molar-refractivity contribution in [3.8, 4) is 11.8 Å². The molecule has 0 bridgehead atoms. The summed E-state index contributed by atoms with van der Waals surface area (Å²) in [6.07, 6.45) is 3.14. The lowest BCUT2D eigenvalue weighted by Crippen LogP contribution is -2.06. The molecular weight excluding hydrogens is 272 g/mol. The maximum absolute atomic E-state index is 11.0. The molecule has 1 aromatic rings. The van der Waals surface area contributed by atoms with Gasteiger partial charge in [-0.15, -0.1) is 0 Å². The highest BCUT2D eigenvalue weighted by Crippen LogP contribution is 2.11. The number of hydrogen-bond donors (Lipinski definition) is 1. The number of carboxylic acid groups (broad SMARTS) is 1. The fraction of sp³-hybridized carbons (Fsp3) is 0.273. The van der Waals surface area contributed by atoms with E-state index in [1.54, 1.807) is 6.26 Å². The molecule has 1 N–H and O–H groups in total. The standard InChI is InChI=1S/C11H10N2O3S2/c1-7(14)18-5-3-4-8-6-12-11(17-2)13-9(8)10(15)16/h6H,5H2,1-2H3,(H,15,16).